The molecule has 1 aliphatic rings. The van der Waals surface area contributed by atoms with E-state index >= 15 is 0 Å². The molecule has 1 saturated heterocycles. The summed E-state index contributed by atoms with van der Waals surface area (Å²) in [5.74, 6) is 0.0473. The second-order valence-electron chi connectivity index (χ2n) is 5.34. The SMILES string of the molecule is CN(CCCCNC(=O)C1COCCN1)c1ccccc1. The molecule has 1 unspecified atom stereocenters. The number of ether oxygens (including phenoxy) is 1. The molecule has 1 aromatic carbocycles. The van der Waals surface area contributed by atoms with Crippen LogP contribution in [-0.4, -0.2) is 51.8 Å². The molecule has 0 radical (unpaired) electrons. The van der Waals surface area contributed by atoms with Gasteiger partial charge < -0.3 is 20.3 Å². The number of morpholine rings is 1. The molecule has 0 saturated carbocycles. The van der Waals surface area contributed by atoms with Gasteiger partial charge in [0.05, 0.1) is 13.2 Å². The van der Waals surface area contributed by atoms with Gasteiger partial charge >= 0.3 is 0 Å². The van der Waals surface area contributed by atoms with Gasteiger partial charge in [0, 0.05) is 32.4 Å². The van der Waals surface area contributed by atoms with Gasteiger partial charge in [-0.1, -0.05) is 18.2 Å². The van der Waals surface area contributed by atoms with E-state index in [0.717, 1.165) is 32.5 Å². The number of amides is 1. The van der Waals surface area contributed by atoms with Gasteiger partial charge in [-0.15, -0.1) is 0 Å². The van der Waals surface area contributed by atoms with Crippen LogP contribution in [0, 0.1) is 0 Å². The molecular formula is C16H25N3O2. The Morgan fingerprint density at radius 1 is 1.38 bits per heavy atom. The van der Waals surface area contributed by atoms with Crippen molar-refractivity contribution in [3.8, 4) is 0 Å². The lowest BCUT2D eigenvalue weighted by Crippen LogP contribution is -2.51. The zero-order valence-corrected chi connectivity index (χ0v) is 12.7. The van der Waals surface area contributed by atoms with E-state index in [1.54, 1.807) is 0 Å². The molecule has 1 amide bonds. The van der Waals surface area contributed by atoms with Crippen LogP contribution in [0.3, 0.4) is 0 Å². The first-order chi connectivity index (χ1) is 10.3. The average Bonchev–Trinajstić information content (AvgIpc) is 2.55. The number of carbonyl (C=O) groups is 1. The highest BCUT2D eigenvalue weighted by molar-refractivity contribution is 5.81. The monoisotopic (exact) mass is 291 g/mol. The highest BCUT2D eigenvalue weighted by Gasteiger charge is 2.20. The van der Waals surface area contributed by atoms with Crippen molar-refractivity contribution >= 4 is 11.6 Å². The number of benzene rings is 1. The molecule has 2 N–H and O–H groups in total. The molecule has 2 rings (SSSR count). The summed E-state index contributed by atoms with van der Waals surface area (Å²) < 4.78 is 5.28. The van der Waals surface area contributed by atoms with E-state index in [-0.39, 0.29) is 11.9 Å². The molecule has 0 aromatic heterocycles. The predicted molar refractivity (Wildman–Crippen MR) is 84.6 cm³/mol. The van der Waals surface area contributed by atoms with Crippen LogP contribution in [0.5, 0.6) is 0 Å². The topological polar surface area (TPSA) is 53.6 Å². The predicted octanol–water partition coefficient (Wildman–Crippen LogP) is 1.01. The molecule has 5 nitrogen and oxygen atoms in total. The number of nitrogens with one attached hydrogen (secondary N) is 2. The molecule has 1 atom stereocenters. The summed E-state index contributed by atoms with van der Waals surface area (Å²) in [5, 5.41) is 6.12. The minimum Gasteiger partial charge on any atom is -0.378 e. The standard InChI is InChI=1S/C16H25N3O2/c1-19(14-7-3-2-4-8-14)11-6-5-9-18-16(20)15-13-21-12-10-17-15/h2-4,7-8,15,17H,5-6,9-13H2,1H3,(H,18,20). The normalized spacial score (nSPS) is 18.2. The summed E-state index contributed by atoms with van der Waals surface area (Å²) in [7, 11) is 2.09. The van der Waals surface area contributed by atoms with Crippen LogP contribution in [0.25, 0.3) is 0 Å². The van der Waals surface area contributed by atoms with Gasteiger partial charge in [0.15, 0.2) is 0 Å². The minimum atomic E-state index is -0.189. The Bertz CT molecular complexity index is 419. The highest BCUT2D eigenvalue weighted by atomic mass is 16.5. The first-order valence-electron chi connectivity index (χ1n) is 7.62. The Balaban J connectivity index is 1.56. The maximum Gasteiger partial charge on any atom is 0.239 e. The lowest BCUT2D eigenvalue weighted by atomic mass is 10.2. The van der Waals surface area contributed by atoms with Gasteiger partial charge in [0.2, 0.25) is 5.91 Å². The third-order valence-corrected chi connectivity index (χ3v) is 3.65. The maximum atomic E-state index is 11.9. The molecule has 1 heterocycles. The summed E-state index contributed by atoms with van der Waals surface area (Å²) in [6.45, 7) is 3.63. The van der Waals surface area contributed by atoms with E-state index in [9.17, 15) is 4.79 Å². The summed E-state index contributed by atoms with van der Waals surface area (Å²) in [6, 6.07) is 10.1. The summed E-state index contributed by atoms with van der Waals surface area (Å²) in [5.41, 5.74) is 1.23. The largest absolute Gasteiger partial charge is 0.378 e. The second-order valence-corrected chi connectivity index (χ2v) is 5.34. The Kier molecular flexibility index (Phi) is 6.50. The number of anilines is 1. The Hall–Kier alpha value is -1.59. The van der Waals surface area contributed by atoms with E-state index in [4.69, 9.17) is 4.74 Å². The molecule has 0 bridgehead atoms. The van der Waals surface area contributed by atoms with Crippen LogP contribution >= 0.6 is 0 Å². The van der Waals surface area contributed by atoms with Gasteiger partial charge in [-0.05, 0) is 25.0 Å². The van der Waals surface area contributed by atoms with Crippen LogP contribution in [-0.2, 0) is 9.53 Å². The summed E-state index contributed by atoms with van der Waals surface area (Å²) in [6.07, 6.45) is 2.04. The quantitative estimate of drug-likeness (QED) is 0.736. The van der Waals surface area contributed by atoms with Gasteiger partial charge in [0.25, 0.3) is 0 Å². The maximum absolute atomic E-state index is 11.9. The Labute approximate surface area is 126 Å². The van der Waals surface area contributed by atoms with Crippen LogP contribution in [0.15, 0.2) is 30.3 Å². The van der Waals surface area contributed by atoms with E-state index in [2.05, 4.69) is 34.7 Å². The van der Waals surface area contributed by atoms with Crippen LogP contribution in [0.1, 0.15) is 12.8 Å². The number of hydrogen-bond acceptors (Lipinski definition) is 4. The van der Waals surface area contributed by atoms with Gasteiger partial charge in [0.1, 0.15) is 6.04 Å². The first-order valence-corrected chi connectivity index (χ1v) is 7.62. The van der Waals surface area contributed by atoms with Gasteiger partial charge in [-0.25, -0.2) is 0 Å². The molecule has 0 aliphatic carbocycles. The van der Waals surface area contributed by atoms with Crippen LogP contribution in [0.4, 0.5) is 5.69 Å². The lowest BCUT2D eigenvalue weighted by Gasteiger charge is -2.23. The molecule has 1 aromatic rings. The summed E-state index contributed by atoms with van der Waals surface area (Å²) >= 11 is 0. The van der Waals surface area contributed by atoms with Crippen molar-refractivity contribution in [2.75, 3.05) is 44.8 Å². The molecular weight excluding hydrogens is 266 g/mol. The van der Waals surface area contributed by atoms with E-state index in [1.807, 2.05) is 18.2 Å². The molecule has 1 fully saturated rings. The number of para-hydroxylation sites is 1. The van der Waals surface area contributed by atoms with Crippen molar-refractivity contribution in [2.24, 2.45) is 0 Å². The number of rotatable bonds is 7. The van der Waals surface area contributed by atoms with Crippen molar-refractivity contribution in [1.29, 1.82) is 0 Å². The smallest absolute Gasteiger partial charge is 0.239 e. The van der Waals surface area contributed by atoms with E-state index < -0.39 is 0 Å². The molecule has 0 spiro atoms. The van der Waals surface area contributed by atoms with Crippen LogP contribution < -0.4 is 15.5 Å². The number of unbranched alkanes of at least 4 members (excludes halogenated alkanes) is 1. The zero-order chi connectivity index (χ0) is 14.9. The van der Waals surface area contributed by atoms with Crippen molar-refractivity contribution < 1.29 is 9.53 Å². The Morgan fingerprint density at radius 2 is 2.19 bits per heavy atom. The molecule has 1 aliphatic heterocycles. The fourth-order valence-corrected chi connectivity index (χ4v) is 2.35. The van der Waals surface area contributed by atoms with E-state index in [0.29, 0.717) is 13.2 Å². The molecule has 5 heteroatoms. The number of hydrogen-bond donors (Lipinski definition) is 2. The second kappa shape index (κ2) is 8.64. The van der Waals surface area contributed by atoms with Crippen molar-refractivity contribution in [1.82, 2.24) is 10.6 Å². The summed E-state index contributed by atoms with van der Waals surface area (Å²) in [4.78, 5) is 14.1. The Morgan fingerprint density at radius 3 is 2.90 bits per heavy atom. The fourth-order valence-electron chi connectivity index (χ4n) is 2.35. The van der Waals surface area contributed by atoms with E-state index in [1.165, 1.54) is 5.69 Å². The van der Waals surface area contributed by atoms with Crippen molar-refractivity contribution in [2.45, 2.75) is 18.9 Å². The highest BCUT2D eigenvalue weighted by Crippen LogP contribution is 2.11. The number of nitrogens with zero attached hydrogens (tertiary/aromatic N) is 1. The van der Waals surface area contributed by atoms with Gasteiger partial charge in [-0.3, -0.25) is 4.79 Å². The van der Waals surface area contributed by atoms with Crippen molar-refractivity contribution in [3.63, 3.8) is 0 Å². The lowest BCUT2D eigenvalue weighted by molar-refractivity contribution is -0.125. The zero-order valence-electron chi connectivity index (χ0n) is 12.7. The number of carbonyl (C=O) groups excluding carboxylic acids is 1. The average molecular weight is 291 g/mol. The molecule has 116 valence electrons. The first kappa shape index (κ1) is 15.8. The fraction of sp³-hybridized carbons (Fsp3) is 0.562. The van der Waals surface area contributed by atoms with Crippen molar-refractivity contribution in [3.05, 3.63) is 30.3 Å². The minimum absolute atomic E-state index is 0.0473. The van der Waals surface area contributed by atoms with Gasteiger partial charge in [-0.2, -0.15) is 0 Å². The third-order valence-electron chi connectivity index (χ3n) is 3.65. The molecule has 21 heavy (non-hydrogen) atoms. The third kappa shape index (κ3) is 5.36. The van der Waals surface area contributed by atoms with Crippen LogP contribution in [0.2, 0.25) is 0 Å².